The summed E-state index contributed by atoms with van der Waals surface area (Å²) < 4.78 is 14.7. The number of imide groups is 3. The lowest BCUT2D eigenvalue weighted by Crippen LogP contribution is -2.48. The van der Waals surface area contributed by atoms with Gasteiger partial charge in [0, 0.05) is 0 Å². The standard InChI is InChI=1S/C15H27NO6/c1-4-7-10-20-13(17)16(14(18)21-11-8-5-2)15(19)22-12-9-6-3/h4-12H2,1-3H3/q+1. The van der Waals surface area contributed by atoms with Gasteiger partial charge in [0.2, 0.25) is 0 Å². The van der Waals surface area contributed by atoms with Crippen LogP contribution in [0.25, 0.3) is 0 Å². The largest absolute Gasteiger partial charge is 0.590 e. The Kier molecular flexibility index (Phi) is 12.1. The Morgan fingerprint density at radius 1 is 0.636 bits per heavy atom. The lowest BCUT2D eigenvalue weighted by molar-refractivity contribution is 0.0827. The molecule has 0 aromatic carbocycles. The van der Waals surface area contributed by atoms with Crippen LogP contribution in [0.4, 0.5) is 14.4 Å². The van der Waals surface area contributed by atoms with Crippen LogP contribution in [0.15, 0.2) is 0 Å². The van der Waals surface area contributed by atoms with Gasteiger partial charge in [-0.2, -0.15) is 14.4 Å². The highest BCUT2D eigenvalue weighted by Crippen LogP contribution is 2.03. The summed E-state index contributed by atoms with van der Waals surface area (Å²) in [5.41, 5.74) is 0. The van der Waals surface area contributed by atoms with E-state index in [1.165, 1.54) is 0 Å². The van der Waals surface area contributed by atoms with Crippen molar-refractivity contribution in [2.75, 3.05) is 19.8 Å². The van der Waals surface area contributed by atoms with Crippen molar-refractivity contribution in [1.82, 2.24) is 4.90 Å². The normalized spacial score (nSPS) is 10.4. The second kappa shape index (κ2) is 13.1. The van der Waals surface area contributed by atoms with E-state index in [1.807, 2.05) is 20.8 Å². The first-order valence-electron chi connectivity index (χ1n) is 7.88. The van der Waals surface area contributed by atoms with Crippen LogP contribution >= 0.6 is 0 Å². The Morgan fingerprint density at radius 2 is 0.909 bits per heavy atom. The van der Waals surface area contributed by atoms with Crippen molar-refractivity contribution in [3.05, 3.63) is 0 Å². The van der Waals surface area contributed by atoms with Crippen LogP contribution < -0.4 is 4.90 Å². The number of carbonyl (C=O) groups is 3. The molecule has 7 heteroatoms. The van der Waals surface area contributed by atoms with Gasteiger partial charge in [-0.05, 0) is 19.3 Å². The molecule has 0 aliphatic carbocycles. The lowest BCUT2D eigenvalue weighted by atomic mass is 10.4. The molecule has 0 N–H and O–H groups in total. The fraction of sp³-hybridized carbons (Fsp3) is 0.800. The monoisotopic (exact) mass is 317 g/mol. The number of carbonyl (C=O) groups excluding carboxylic acids is 3. The molecule has 0 saturated heterocycles. The molecule has 3 amide bonds. The van der Waals surface area contributed by atoms with E-state index in [1.54, 1.807) is 0 Å². The summed E-state index contributed by atoms with van der Waals surface area (Å²) in [6, 6.07) is 0. The predicted octanol–water partition coefficient (Wildman–Crippen LogP) is 3.94. The highest BCUT2D eigenvalue weighted by Gasteiger charge is 2.50. The summed E-state index contributed by atoms with van der Waals surface area (Å²) in [7, 11) is 0. The predicted molar refractivity (Wildman–Crippen MR) is 80.9 cm³/mol. The molecule has 7 nitrogen and oxygen atoms in total. The highest BCUT2D eigenvalue weighted by atomic mass is 16.6. The van der Waals surface area contributed by atoms with E-state index >= 15 is 0 Å². The number of unbranched alkanes of at least 4 members (excludes halogenated alkanes) is 3. The van der Waals surface area contributed by atoms with Crippen molar-refractivity contribution in [1.29, 1.82) is 0 Å². The molecule has 0 saturated carbocycles. The van der Waals surface area contributed by atoms with Crippen molar-refractivity contribution in [2.24, 2.45) is 0 Å². The van der Waals surface area contributed by atoms with Gasteiger partial charge in [-0.3, -0.25) is 0 Å². The quantitative estimate of drug-likeness (QED) is 0.364. The molecule has 0 unspecified atom stereocenters. The third-order valence-corrected chi connectivity index (χ3v) is 2.72. The summed E-state index contributed by atoms with van der Waals surface area (Å²) in [5, 5.41) is 0. The summed E-state index contributed by atoms with van der Waals surface area (Å²) in [4.78, 5) is 35.9. The van der Waals surface area contributed by atoms with Crippen molar-refractivity contribution in [3.8, 4) is 0 Å². The third-order valence-electron chi connectivity index (χ3n) is 2.72. The van der Waals surface area contributed by atoms with Crippen LogP contribution in [0.2, 0.25) is 0 Å². The zero-order valence-electron chi connectivity index (χ0n) is 13.8. The van der Waals surface area contributed by atoms with Crippen LogP contribution in [-0.4, -0.2) is 38.1 Å². The zero-order valence-corrected chi connectivity index (χ0v) is 13.8. The lowest BCUT2D eigenvalue weighted by Gasteiger charge is -2.06. The van der Waals surface area contributed by atoms with E-state index in [9.17, 15) is 14.4 Å². The van der Waals surface area contributed by atoms with E-state index in [4.69, 9.17) is 14.2 Å². The van der Waals surface area contributed by atoms with E-state index in [0.717, 1.165) is 19.3 Å². The molecule has 0 heterocycles. The van der Waals surface area contributed by atoms with Crippen molar-refractivity contribution in [3.63, 3.8) is 0 Å². The van der Waals surface area contributed by atoms with Gasteiger partial charge in [-0.1, -0.05) is 40.0 Å². The number of amides is 3. The van der Waals surface area contributed by atoms with Gasteiger partial charge in [0.1, 0.15) is 0 Å². The molecule has 0 bridgehead atoms. The van der Waals surface area contributed by atoms with Crippen molar-refractivity contribution in [2.45, 2.75) is 59.3 Å². The maximum atomic E-state index is 11.9. The van der Waals surface area contributed by atoms with E-state index in [-0.39, 0.29) is 24.7 Å². The van der Waals surface area contributed by atoms with Gasteiger partial charge < -0.3 is 14.2 Å². The zero-order chi connectivity index (χ0) is 16.8. The Morgan fingerprint density at radius 3 is 1.14 bits per heavy atom. The van der Waals surface area contributed by atoms with Crippen LogP contribution in [-0.2, 0) is 14.2 Å². The summed E-state index contributed by atoms with van der Waals surface area (Å²) >= 11 is 0. The van der Waals surface area contributed by atoms with Crippen molar-refractivity contribution < 1.29 is 28.6 Å². The third kappa shape index (κ3) is 8.61. The van der Waals surface area contributed by atoms with Gasteiger partial charge in [0.25, 0.3) is 0 Å². The van der Waals surface area contributed by atoms with Crippen LogP contribution in [0.5, 0.6) is 0 Å². The number of ether oxygens (including phenoxy) is 3. The SMILES string of the molecule is CCCCOC(=O)[N+](C(=O)OCCCC)C(=O)OCCCC. The Labute approximate surface area is 131 Å². The highest BCUT2D eigenvalue weighted by molar-refractivity contribution is 6.08. The molecule has 0 spiro atoms. The topological polar surface area (TPSA) is 84.8 Å². The van der Waals surface area contributed by atoms with Gasteiger partial charge in [0.05, 0.1) is 19.8 Å². The molecule has 127 valence electrons. The number of hydrogen-bond donors (Lipinski definition) is 0. The van der Waals surface area contributed by atoms with Crippen LogP contribution in [0.1, 0.15) is 59.3 Å². The summed E-state index contributed by atoms with van der Waals surface area (Å²) in [5.74, 6) is 0. The fourth-order valence-corrected chi connectivity index (χ4v) is 1.33. The minimum atomic E-state index is -1.06. The first kappa shape index (κ1) is 20.4. The Bertz CT molecular complexity index is 293. The Balaban J connectivity index is 4.62. The maximum Gasteiger partial charge on any atom is 0.590 e. The number of rotatable bonds is 9. The van der Waals surface area contributed by atoms with E-state index < -0.39 is 18.3 Å². The van der Waals surface area contributed by atoms with Gasteiger partial charge in [0.15, 0.2) is 4.90 Å². The minimum absolute atomic E-state index is 0.135. The smallest absolute Gasteiger partial charge is 0.415 e. The minimum Gasteiger partial charge on any atom is -0.415 e. The first-order chi connectivity index (χ1) is 10.6. The van der Waals surface area contributed by atoms with Crippen LogP contribution in [0.3, 0.4) is 0 Å². The van der Waals surface area contributed by atoms with Crippen molar-refractivity contribution >= 4 is 18.3 Å². The molecule has 0 aromatic heterocycles. The first-order valence-corrected chi connectivity index (χ1v) is 7.88. The van der Waals surface area contributed by atoms with Gasteiger partial charge in [-0.15, -0.1) is 0 Å². The molecular weight excluding hydrogens is 290 g/mol. The molecule has 0 rings (SSSR count). The second-order valence-electron chi connectivity index (χ2n) is 4.74. The molecule has 1 radical (unpaired) electrons. The molecule has 22 heavy (non-hydrogen) atoms. The van der Waals surface area contributed by atoms with E-state index in [2.05, 4.69) is 0 Å². The molecule has 0 aromatic rings. The van der Waals surface area contributed by atoms with E-state index in [0.29, 0.717) is 19.3 Å². The fourth-order valence-electron chi connectivity index (χ4n) is 1.33. The average Bonchev–Trinajstić information content (AvgIpc) is 2.48. The summed E-state index contributed by atoms with van der Waals surface area (Å²) in [6.45, 7) is 6.21. The average molecular weight is 317 g/mol. The second-order valence-corrected chi connectivity index (χ2v) is 4.74. The number of hydrogen-bond acceptors (Lipinski definition) is 6. The maximum absolute atomic E-state index is 11.9. The van der Waals surface area contributed by atoms with Gasteiger partial charge in [-0.25, -0.2) is 0 Å². The van der Waals surface area contributed by atoms with Crippen LogP contribution in [0, 0.1) is 0 Å². The summed E-state index contributed by atoms with van der Waals surface area (Å²) in [6.07, 6.45) is 1.25. The number of nitrogens with zero attached hydrogens (tertiary/aromatic N) is 1. The van der Waals surface area contributed by atoms with Gasteiger partial charge >= 0.3 is 18.3 Å². The molecular formula is C15H27NO6+. The molecule has 0 aliphatic heterocycles. The molecule has 0 atom stereocenters. The molecule has 0 aliphatic rings. The molecule has 0 fully saturated rings. The Hall–Kier alpha value is -1.63.